The first-order valence-electron chi connectivity index (χ1n) is 13.2. The van der Waals surface area contributed by atoms with Gasteiger partial charge in [0.15, 0.2) is 9.84 Å². The first-order chi connectivity index (χ1) is 17.1. The maximum atomic E-state index is 13.2. The van der Waals surface area contributed by atoms with Crippen LogP contribution >= 0.6 is 0 Å². The highest BCUT2D eigenvalue weighted by molar-refractivity contribution is 7.91. The zero-order chi connectivity index (χ0) is 25.8. The van der Waals surface area contributed by atoms with Crippen LogP contribution < -0.4 is 0 Å². The molecule has 0 unspecified atom stereocenters. The topological polar surface area (TPSA) is 66.9 Å². The van der Waals surface area contributed by atoms with E-state index in [-0.39, 0.29) is 11.8 Å². The number of sulfone groups is 1. The largest absolute Gasteiger partial charge is 0.444 e. The summed E-state index contributed by atoms with van der Waals surface area (Å²) in [5, 5.41) is 0. The first kappa shape index (κ1) is 26.7. The number of hydrogen-bond acceptors (Lipinski definition) is 5. The van der Waals surface area contributed by atoms with Crippen molar-refractivity contribution < 1.29 is 17.9 Å². The van der Waals surface area contributed by atoms with Crippen molar-refractivity contribution in [2.75, 3.05) is 31.9 Å². The Morgan fingerprint density at radius 1 is 0.944 bits per heavy atom. The van der Waals surface area contributed by atoms with Gasteiger partial charge in [-0.25, -0.2) is 13.2 Å². The van der Waals surface area contributed by atoms with Crippen LogP contribution in [0.4, 0.5) is 4.79 Å². The molecule has 4 rings (SSSR count). The fraction of sp³-hybridized carbons (Fsp3) is 0.552. The van der Waals surface area contributed by atoms with E-state index in [1.807, 2.05) is 39.0 Å². The van der Waals surface area contributed by atoms with Crippen LogP contribution in [0.25, 0.3) is 0 Å². The average molecular weight is 513 g/mol. The van der Waals surface area contributed by atoms with Crippen LogP contribution in [-0.4, -0.2) is 61.8 Å². The van der Waals surface area contributed by atoms with Gasteiger partial charge in [0, 0.05) is 32.7 Å². The number of nitrogens with zero attached hydrogens (tertiary/aromatic N) is 2. The van der Waals surface area contributed by atoms with Crippen molar-refractivity contribution >= 4 is 15.9 Å². The number of ether oxygens (including phenoxy) is 1. The number of carbonyl (C=O) groups excluding carboxylic acids is 1. The first-order valence-corrected chi connectivity index (χ1v) is 14.8. The van der Waals surface area contributed by atoms with Gasteiger partial charge in [0.1, 0.15) is 5.60 Å². The Bertz CT molecular complexity index is 1130. The van der Waals surface area contributed by atoms with Crippen molar-refractivity contribution in [2.24, 2.45) is 5.92 Å². The molecule has 2 aliphatic rings. The molecule has 2 aliphatic heterocycles. The van der Waals surface area contributed by atoms with E-state index in [0.717, 1.165) is 50.9 Å². The van der Waals surface area contributed by atoms with Gasteiger partial charge >= 0.3 is 6.09 Å². The molecular formula is C29H40N2O4S. The average Bonchev–Trinajstić information content (AvgIpc) is 3.04. The van der Waals surface area contributed by atoms with Crippen molar-refractivity contribution in [3.05, 3.63) is 65.2 Å². The van der Waals surface area contributed by atoms with E-state index < -0.39 is 15.4 Å². The fourth-order valence-corrected chi connectivity index (χ4v) is 6.59. The van der Waals surface area contributed by atoms with Crippen molar-refractivity contribution in [1.29, 1.82) is 0 Å². The number of hydrogen-bond donors (Lipinski definition) is 0. The van der Waals surface area contributed by atoms with Gasteiger partial charge in [-0.1, -0.05) is 36.4 Å². The molecule has 0 N–H and O–H groups in total. The van der Waals surface area contributed by atoms with E-state index in [4.69, 9.17) is 4.74 Å². The number of rotatable bonds is 6. The minimum absolute atomic E-state index is 0.156. The summed E-state index contributed by atoms with van der Waals surface area (Å²) < 4.78 is 31.8. The third kappa shape index (κ3) is 7.32. The molecule has 0 aromatic heterocycles. The van der Waals surface area contributed by atoms with Crippen LogP contribution in [0.2, 0.25) is 0 Å². The molecule has 36 heavy (non-hydrogen) atoms. The standard InChI is InChI=1S/C29H40N2O4S/c1-29(2,3)35-28(32)31-18-11-23(12-19-31)15-20-36(33,34)27-10-9-25-13-16-30(17-14-26(25)21-27)22-24-7-5-4-6-8-24/h4-10,21,23H,11-20,22H2,1-3H3. The Labute approximate surface area is 216 Å². The Kier molecular flexibility index (Phi) is 8.41. The van der Waals surface area contributed by atoms with E-state index in [9.17, 15) is 13.2 Å². The highest BCUT2D eigenvalue weighted by atomic mass is 32.2. The molecule has 1 saturated heterocycles. The summed E-state index contributed by atoms with van der Waals surface area (Å²) in [5.41, 5.74) is 3.23. The number of likely N-dealkylation sites (tertiary alicyclic amines) is 1. The van der Waals surface area contributed by atoms with E-state index in [0.29, 0.717) is 30.3 Å². The summed E-state index contributed by atoms with van der Waals surface area (Å²) in [6.07, 6.45) is 3.80. The summed E-state index contributed by atoms with van der Waals surface area (Å²) >= 11 is 0. The van der Waals surface area contributed by atoms with Crippen LogP contribution in [0.15, 0.2) is 53.4 Å². The molecule has 6 nitrogen and oxygen atoms in total. The van der Waals surface area contributed by atoms with Crippen LogP contribution in [0, 0.1) is 5.92 Å². The molecule has 0 aliphatic carbocycles. The van der Waals surface area contributed by atoms with Crippen LogP contribution in [0.5, 0.6) is 0 Å². The molecule has 0 bridgehead atoms. The number of carbonyl (C=O) groups is 1. The predicted molar refractivity (Wildman–Crippen MR) is 143 cm³/mol. The monoisotopic (exact) mass is 512 g/mol. The summed E-state index contributed by atoms with van der Waals surface area (Å²) in [7, 11) is -3.34. The number of piperidine rings is 1. The van der Waals surface area contributed by atoms with E-state index in [1.54, 1.807) is 11.0 Å². The van der Waals surface area contributed by atoms with Gasteiger partial charge in [0.2, 0.25) is 0 Å². The van der Waals surface area contributed by atoms with Crippen molar-refractivity contribution in [2.45, 2.75) is 69.9 Å². The molecule has 0 radical (unpaired) electrons. The highest BCUT2D eigenvalue weighted by Gasteiger charge is 2.28. The van der Waals surface area contributed by atoms with Gasteiger partial charge in [-0.15, -0.1) is 0 Å². The molecule has 2 aromatic rings. The molecule has 7 heteroatoms. The number of amides is 1. The lowest BCUT2D eigenvalue weighted by molar-refractivity contribution is 0.0183. The number of fused-ring (bicyclic) bond motifs is 1. The van der Waals surface area contributed by atoms with Crippen molar-refractivity contribution in [1.82, 2.24) is 9.80 Å². The third-order valence-corrected chi connectivity index (χ3v) is 8.99. The van der Waals surface area contributed by atoms with Gasteiger partial charge < -0.3 is 9.64 Å². The molecule has 1 amide bonds. The second-order valence-corrected chi connectivity index (χ2v) is 13.3. The molecular weight excluding hydrogens is 472 g/mol. The minimum Gasteiger partial charge on any atom is -0.444 e. The van der Waals surface area contributed by atoms with Crippen LogP contribution in [0.3, 0.4) is 0 Å². The Morgan fingerprint density at radius 2 is 1.61 bits per heavy atom. The number of benzene rings is 2. The molecule has 2 heterocycles. The molecule has 0 atom stereocenters. The van der Waals surface area contributed by atoms with Crippen LogP contribution in [0.1, 0.15) is 56.7 Å². The lowest BCUT2D eigenvalue weighted by Crippen LogP contribution is -2.41. The molecule has 196 valence electrons. The second kappa shape index (κ2) is 11.3. The van der Waals surface area contributed by atoms with E-state index in [2.05, 4.69) is 29.2 Å². The maximum Gasteiger partial charge on any atom is 0.410 e. The summed E-state index contributed by atoms with van der Waals surface area (Å²) in [6.45, 7) is 9.68. The minimum atomic E-state index is -3.34. The van der Waals surface area contributed by atoms with Crippen LogP contribution in [-0.2, 0) is 34.0 Å². The summed E-state index contributed by atoms with van der Waals surface area (Å²) in [4.78, 5) is 16.9. The third-order valence-electron chi connectivity index (χ3n) is 7.24. The molecule has 0 saturated carbocycles. The second-order valence-electron chi connectivity index (χ2n) is 11.2. The van der Waals surface area contributed by atoms with Gasteiger partial charge in [-0.2, -0.15) is 0 Å². The van der Waals surface area contributed by atoms with Gasteiger partial charge in [0.25, 0.3) is 0 Å². The SMILES string of the molecule is CC(C)(C)OC(=O)N1CCC(CCS(=O)(=O)c2ccc3c(c2)CCN(Cc2ccccc2)CC3)CC1. The zero-order valence-corrected chi connectivity index (χ0v) is 22.7. The van der Waals surface area contributed by atoms with Crippen molar-refractivity contribution in [3.63, 3.8) is 0 Å². The summed E-state index contributed by atoms with van der Waals surface area (Å²) in [6, 6.07) is 16.2. The summed E-state index contributed by atoms with van der Waals surface area (Å²) in [5.74, 6) is 0.467. The Hall–Kier alpha value is -2.38. The maximum absolute atomic E-state index is 13.2. The Balaban J connectivity index is 1.29. The zero-order valence-electron chi connectivity index (χ0n) is 21.9. The quantitative estimate of drug-likeness (QED) is 0.539. The lowest BCUT2D eigenvalue weighted by atomic mass is 9.95. The molecule has 0 spiro atoms. The van der Waals surface area contributed by atoms with E-state index >= 15 is 0 Å². The molecule has 1 fully saturated rings. The van der Waals surface area contributed by atoms with Gasteiger partial charge in [0.05, 0.1) is 10.6 Å². The van der Waals surface area contributed by atoms with Gasteiger partial charge in [-0.3, -0.25) is 4.90 Å². The predicted octanol–water partition coefficient (Wildman–Crippen LogP) is 5.10. The van der Waals surface area contributed by atoms with Crippen molar-refractivity contribution in [3.8, 4) is 0 Å². The lowest BCUT2D eigenvalue weighted by Gasteiger charge is -2.33. The van der Waals surface area contributed by atoms with Gasteiger partial charge in [-0.05, 0) is 87.6 Å². The fourth-order valence-electron chi connectivity index (χ4n) is 5.11. The van der Waals surface area contributed by atoms with E-state index in [1.165, 1.54) is 11.1 Å². The smallest absolute Gasteiger partial charge is 0.410 e. The Morgan fingerprint density at radius 3 is 2.28 bits per heavy atom. The normalized spacial score (nSPS) is 17.9. The highest BCUT2D eigenvalue weighted by Crippen LogP contribution is 2.26. The molecule has 2 aromatic carbocycles.